The first-order chi connectivity index (χ1) is 32.5. The van der Waals surface area contributed by atoms with Gasteiger partial charge < -0.3 is 20.3 Å². The van der Waals surface area contributed by atoms with Crippen LogP contribution in [0.4, 0.5) is 0 Å². The average molecular weight is 916 g/mol. The van der Waals surface area contributed by atoms with E-state index >= 15 is 0 Å². The Hall–Kier alpha value is -3.48. The summed E-state index contributed by atoms with van der Waals surface area (Å²) < 4.78 is 5.83. The summed E-state index contributed by atoms with van der Waals surface area (Å²) >= 11 is 0. The number of aliphatic hydroxyl groups excluding tert-OH is 2. The van der Waals surface area contributed by atoms with Crippen LogP contribution >= 0.6 is 0 Å². The fourth-order valence-electron chi connectivity index (χ4n) is 7.61. The maximum Gasteiger partial charge on any atom is 0.306 e. The molecule has 0 aliphatic carbocycles. The normalized spacial score (nSPS) is 14.1. The summed E-state index contributed by atoms with van der Waals surface area (Å²) in [7, 11) is 0. The van der Waals surface area contributed by atoms with Crippen molar-refractivity contribution in [2.75, 3.05) is 6.61 Å². The minimum Gasteiger partial charge on any atom is -0.461 e. The molecular formula is C60H101NO5. The predicted molar refractivity (Wildman–Crippen MR) is 287 cm³/mol. The molecule has 0 heterocycles. The van der Waals surface area contributed by atoms with Crippen LogP contribution in [0.15, 0.2) is 109 Å². The molecule has 0 saturated carbocycles. The SMILES string of the molecule is CC/C=C/C=C/C=C\C=C/C=C/CC(CC(=O)NC(CO)C(O)CCCCCCCCCCCCCCCCCCC)OC(=O)CCCCC/C=C\C/C=C\C/C=C\C/C=C\CCCCC. The quantitative estimate of drug-likeness (QED) is 0.0245. The summed E-state index contributed by atoms with van der Waals surface area (Å²) in [6, 6.07) is -0.753. The van der Waals surface area contributed by atoms with Crippen LogP contribution in [0, 0.1) is 0 Å². The highest BCUT2D eigenvalue weighted by Crippen LogP contribution is 2.16. The Bertz CT molecular complexity index is 1350. The fraction of sp³-hybridized carbons (Fsp3) is 0.667. The number of unbranched alkanes of at least 4 members (excludes halogenated alkanes) is 22. The summed E-state index contributed by atoms with van der Waals surface area (Å²) in [5, 5.41) is 23.7. The molecule has 1 amide bonds. The monoisotopic (exact) mass is 916 g/mol. The van der Waals surface area contributed by atoms with E-state index in [1.165, 1.54) is 116 Å². The molecular weight excluding hydrogens is 815 g/mol. The third kappa shape index (κ3) is 47.0. The summed E-state index contributed by atoms with van der Waals surface area (Å²) in [4.78, 5) is 26.1. The number of ether oxygens (including phenoxy) is 1. The highest BCUT2D eigenvalue weighted by molar-refractivity contribution is 5.77. The molecule has 0 fully saturated rings. The van der Waals surface area contributed by atoms with E-state index in [-0.39, 0.29) is 24.9 Å². The van der Waals surface area contributed by atoms with E-state index in [0.29, 0.717) is 19.3 Å². The Morgan fingerprint density at radius 3 is 1.38 bits per heavy atom. The van der Waals surface area contributed by atoms with Crippen molar-refractivity contribution >= 4 is 11.9 Å². The molecule has 0 aromatic rings. The Balaban J connectivity index is 4.64. The van der Waals surface area contributed by atoms with Crippen LogP contribution in [0.25, 0.3) is 0 Å². The molecule has 0 bridgehead atoms. The Morgan fingerprint density at radius 2 is 0.894 bits per heavy atom. The Morgan fingerprint density at radius 1 is 0.485 bits per heavy atom. The van der Waals surface area contributed by atoms with Crippen molar-refractivity contribution in [1.29, 1.82) is 0 Å². The number of hydrogen-bond acceptors (Lipinski definition) is 5. The van der Waals surface area contributed by atoms with Gasteiger partial charge in [0.2, 0.25) is 5.91 Å². The van der Waals surface area contributed by atoms with Crippen molar-refractivity contribution in [1.82, 2.24) is 5.32 Å². The largest absolute Gasteiger partial charge is 0.461 e. The van der Waals surface area contributed by atoms with Gasteiger partial charge in [-0.15, -0.1) is 0 Å². The van der Waals surface area contributed by atoms with Gasteiger partial charge in [-0.05, 0) is 64.2 Å². The van der Waals surface area contributed by atoms with E-state index in [9.17, 15) is 19.8 Å². The van der Waals surface area contributed by atoms with Gasteiger partial charge in [-0.1, -0.05) is 259 Å². The van der Waals surface area contributed by atoms with E-state index < -0.39 is 18.2 Å². The van der Waals surface area contributed by atoms with Crippen LogP contribution in [0.3, 0.4) is 0 Å². The number of carbonyl (C=O) groups is 2. The summed E-state index contributed by atoms with van der Waals surface area (Å²) in [6.45, 7) is 6.27. The Labute approximate surface area is 407 Å². The molecule has 3 atom stereocenters. The minimum atomic E-state index is -0.831. The van der Waals surface area contributed by atoms with Gasteiger partial charge in [-0.25, -0.2) is 0 Å². The van der Waals surface area contributed by atoms with Gasteiger partial charge >= 0.3 is 5.97 Å². The predicted octanol–water partition coefficient (Wildman–Crippen LogP) is 16.7. The van der Waals surface area contributed by atoms with E-state index in [1.807, 2.05) is 54.7 Å². The van der Waals surface area contributed by atoms with E-state index in [0.717, 1.165) is 70.6 Å². The molecule has 0 aromatic heterocycles. The lowest BCUT2D eigenvalue weighted by Crippen LogP contribution is -2.46. The molecule has 0 rings (SSSR count). The first kappa shape index (κ1) is 62.5. The van der Waals surface area contributed by atoms with Crippen molar-refractivity contribution < 1.29 is 24.5 Å². The molecule has 0 aliphatic rings. The van der Waals surface area contributed by atoms with E-state index in [1.54, 1.807) is 0 Å². The summed E-state index contributed by atoms with van der Waals surface area (Å²) in [5.41, 5.74) is 0. The molecule has 0 saturated heterocycles. The first-order valence-corrected chi connectivity index (χ1v) is 27.2. The molecule has 0 aromatic carbocycles. The van der Waals surface area contributed by atoms with Gasteiger partial charge in [0.15, 0.2) is 0 Å². The van der Waals surface area contributed by atoms with Crippen LogP contribution in [-0.4, -0.2) is 46.9 Å². The number of amides is 1. The number of allylic oxidation sites excluding steroid dienone is 17. The number of aliphatic hydroxyl groups is 2. The molecule has 3 unspecified atom stereocenters. The zero-order valence-corrected chi connectivity index (χ0v) is 42.8. The van der Waals surface area contributed by atoms with Crippen LogP contribution in [0.2, 0.25) is 0 Å². The average Bonchev–Trinajstić information content (AvgIpc) is 3.31. The molecule has 376 valence electrons. The van der Waals surface area contributed by atoms with Crippen molar-refractivity contribution in [2.45, 2.75) is 251 Å². The summed E-state index contributed by atoms with van der Waals surface area (Å²) in [6.07, 6.45) is 71.8. The second kappa shape index (κ2) is 52.5. The zero-order valence-electron chi connectivity index (χ0n) is 42.8. The lowest BCUT2D eigenvalue weighted by atomic mass is 10.0. The van der Waals surface area contributed by atoms with Crippen molar-refractivity contribution in [3.63, 3.8) is 0 Å². The van der Waals surface area contributed by atoms with Gasteiger partial charge in [0.1, 0.15) is 6.10 Å². The van der Waals surface area contributed by atoms with Gasteiger partial charge in [-0.2, -0.15) is 0 Å². The van der Waals surface area contributed by atoms with Gasteiger partial charge in [0, 0.05) is 12.8 Å². The van der Waals surface area contributed by atoms with Crippen LogP contribution in [0.5, 0.6) is 0 Å². The second-order valence-corrected chi connectivity index (χ2v) is 18.0. The van der Waals surface area contributed by atoms with Crippen molar-refractivity contribution in [2.24, 2.45) is 0 Å². The molecule has 0 aliphatic heterocycles. The highest BCUT2D eigenvalue weighted by atomic mass is 16.5. The molecule has 66 heavy (non-hydrogen) atoms. The van der Waals surface area contributed by atoms with Crippen molar-refractivity contribution in [3.8, 4) is 0 Å². The third-order valence-electron chi connectivity index (χ3n) is 11.7. The van der Waals surface area contributed by atoms with E-state index in [2.05, 4.69) is 80.8 Å². The number of nitrogens with one attached hydrogen (secondary N) is 1. The molecule has 0 radical (unpaired) electrons. The summed E-state index contributed by atoms with van der Waals surface area (Å²) in [5.74, 6) is -0.651. The second-order valence-electron chi connectivity index (χ2n) is 18.0. The van der Waals surface area contributed by atoms with Gasteiger partial charge in [-0.3, -0.25) is 9.59 Å². The lowest BCUT2D eigenvalue weighted by Gasteiger charge is -2.24. The maximum atomic E-state index is 13.2. The van der Waals surface area contributed by atoms with Crippen molar-refractivity contribution in [3.05, 3.63) is 109 Å². The maximum absolute atomic E-state index is 13.2. The number of esters is 1. The van der Waals surface area contributed by atoms with Crippen LogP contribution in [0.1, 0.15) is 233 Å². The standard InChI is InChI=1S/C60H101NO5/c1-4-7-10-13-16-19-22-24-26-28-29-31-33-35-38-41-44-47-50-53-60(65)66-56(51-48-45-42-39-36-21-18-15-12-9-6-3)54-59(64)61-57(55-62)58(63)52-49-46-43-40-37-34-32-30-27-25-23-20-17-14-11-8-5-2/h9,12,15-16,18-19,21,24,26,29,31,35-36,38-39,42,45,48,56-58,62-63H,4-8,10-11,13-14,17,20,22-23,25,27-28,30,32-34,37,40-41,43-44,46-47,49-55H2,1-3H3,(H,61,64)/b12-9+,18-15+,19-16-,26-24-,31-29-,36-21-,38-35-,42-39-,48-45+. The van der Waals surface area contributed by atoms with Crippen LogP contribution in [-0.2, 0) is 14.3 Å². The molecule has 6 nitrogen and oxygen atoms in total. The number of carbonyl (C=O) groups excluding carboxylic acids is 2. The zero-order chi connectivity index (χ0) is 48.1. The third-order valence-corrected chi connectivity index (χ3v) is 11.7. The fourth-order valence-corrected chi connectivity index (χ4v) is 7.61. The van der Waals surface area contributed by atoms with E-state index in [4.69, 9.17) is 4.74 Å². The minimum absolute atomic E-state index is 0.0375. The number of rotatable bonds is 47. The molecule has 6 heteroatoms. The molecule has 3 N–H and O–H groups in total. The van der Waals surface area contributed by atoms with Crippen LogP contribution < -0.4 is 5.32 Å². The number of hydrogen-bond donors (Lipinski definition) is 3. The smallest absolute Gasteiger partial charge is 0.306 e. The molecule has 0 spiro atoms. The van der Waals surface area contributed by atoms with Gasteiger partial charge in [0.25, 0.3) is 0 Å². The lowest BCUT2D eigenvalue weighted by molar-refractivity contribution is -0.150. The first-order valence-electron chi connectivity index (χ1n) is 27.2. The Kier molecular flexibility index (Phi) is 49.7. The van der Waals surface area contributed by atoms with Gasteiger partial charge in [0.05, 0.1) is 25.2 Å². The topological polar surface area (TPSA) is 95.9 Å². The highest BCUT2D eigenvalue weighted by Gasteiger charge is 2.23.